The number of fused-ring (bicyclic) bond motifs is 1. The van der Waals surface area contributed by atoms with Crippen molar-refractivity contribution in [1.82, 2.24) is 9.78 Å². The molecule has 0 saturated heterocycles. The maximum absolute atomic E-state index is 13.1. The maximum atomic E-state index is 13.1. The number of alkyl halides is 3. The molecule has 12 heteroatoms. The molecule has 4 rings (SSSR count). The van der Waals surface area contributed by atoms with E-state index >= 15 is 0 Å². The highest BCUT2D eigenvalue weighted by Gasteiger charge is 2.37. The summed E-state index contributed by atoms with van der Waals surface area (Å²) in [4.78, 5) is 25.4. The topological polar surface area (TPSA) is 94.5 Å². The molecule has 3 aromatic rings. The first kappa shape index (κ1) is 24.6. The van der Waals surface area contributed by atoms with E-state index < -0.39 is 34.6 Å². The number of anilines is 2. The first-order valence-electron chi connectivity index (χ1n) is 10.3. The van der Waals surface area contributed by atoms with Crippen LogP contribution in [-0.4, -0.2) is 35.8 Å². The van der Waals surface area contributed by atoms with Gasteiger partial charge >= 0.3 is 6.18 Å². The molecule has 0 bridgehead atoms. The van der Waals surface area contributed by atoms with Crippen LogP contribution in [0.25, 0.3) is 11.1 Å². The van der Waals surface area contributed by atoms with Gasteiger partial charge in [0.15, 0.2) is 0 Å². The van der Waals surface area contributed by atoms with E-state index in [1.54, 1.807) is 18.2 Å². The Morgan fingerprint density at radius 2 is 2.00 bits per heavy atom. The Morgan fingerprint density at radius 3 is 2.69 bits per heavy atom. The van der Waals surface area contributed by atoms with Crippen molar-refractivity contribution in [3.63, 3.8) is 0 Å². The number of nitrogens with one attached hydrogen (secondary N) is 2. The smallest absolute Gasteiger partial charge is 0.417 e. The first-order chi connectivity index (χ1) is 16.6. The molecule has 1 aliphatic heterocycles. The molecule has 1 atom stereocenters. The first-order valence-corrected chi connectivity index (χ1v) is 10.7. The van der Waals surface area contributed by atoms with Gasteiger partial charge in [0.05, 0.1) is 42.0 Å². The number of carbonyl (C=O) groups excluding carboxylic acids is 2. The van der Waals surface area contributed by atoms with Gasteiger partial charge in [-0.3, -0.25) is 9.59 Å². The van der Waals surface area contributed by atoms with E-state index in [-0.39, 0.29) is 18.7 Å². The molecule has 1 aliphatic rings. The van der Waals surface area contributed by atoms with Crippen LogP contribution in [0, 0.1) is 0 Å². The third-order valence-electron chi connectivity index (χ3n) is 5.40. The monoisotopic (exact) mass is 508 g/mol. The second-order valence-corrected chi connectivity index (χ2v) is 8.14. The van der Waals surface area contributed by atoms with Crippen molar-refractivity contribution >= 4 is 34.9 Å². The van der Waals surface area contributed by atoms with Gasteiger partial charge in [-0.15, -0.1) is 0 Å². The van der Waals surface area contributed by atoms with E-state index in [0.29, 0.717) is 22.8 Å². The highest BCUT2D eigenvalue weighted by atomic mass is 35.5. The lowest BCUT2D eigenvalue weighted by molar-refractivity contribution is -0.137. The normalized spacial score (nSPS) is 15.0. The Hall–Kier alpha value is -3.57. The lowest BCUT2D eigenvalue weighted by Gasteiger charge is -2.13. The van der Waals surface area contributed by atoms with Gasteiger partial charge in [0.25, 0.3) is 5.91 Å². The molecule has 0 fully saturated rings. The summed E-state index contributed by atoms with van der Waals surface area (Å²) in [5.74, 6) is -0.144. The SMILES string of the molecule is COCc1nn2c(c1-c1cccc(OC)c1)NC(=O)C2CC(=O)Nc1ccc(Cl)c(C(F)(F)F)c1. The second kappa shape index (κ2) is 9.59. The van der Waals surface area contributed by atoms with Gasteiger partial charge in [-0.2, -0.15) is 18.3 Å². The van der Waals surface area contributed by atoms with Crippen LogP contribution in [-0.2, 0) is 27.1 Å². The van der Waals surface area contributed by atoms with Crippen LogP contribution in [0.15, 0.2) is 42.5 Å². The maximum Gasteiger partial charge on any atom is 0.417 e. The molecule has 2 heterocycles. The van der Waals surface area contributed by atoms with Gasteiger partial charge in [0.1, 0.15) is 17.6 Å². The van der Waals surface area contributed by atoms with Gasteiger partial charge in [-0.05, 0) is 35.9 Å². The minimum absolute atomic E-state index is 0.0945. The number of benzene rings is 2. The predicted molar refractivity (Wildman–Crippen MR) is 122 cm³/mol. The fourth-order valence-electron chi connectivity index (χ4n) is 3.84. The molecule has 2 aromatic carbocycles. The van der Waals surface area contributed by atoms with Crippen molar-refractivity contribution in [2.24, 2.45) is 0 Å². The number of halogens is 4. The molecule has 0 radical (unpaired) electrons. The number of rotatable bonds is 7. The van der Waals surface area contributed by atoms with E-state index in [0.717, 1.165) is 17.7 Å². The van der Waals surface area contributed by atoms with Gasteiger partial charge in [0, 0.05) is 12.8 Å². The van der Waals surface area contributed by atoms with E-state index in [4.69, 9.17) is 21.1 Å². The standard InChI is InChI=1S/C23H20ClF3N4O4/c1-34-11-17-20(12-4-3-5-14(8-12)35-2)21-29-22(33)18(31(21)30-17)10-19(32)28-13-6-7-16(24)15(9-13)23(25,26)27/h3-9,18H,10-11H2,1-2H3,(H,28,32)(H,29,33). The summed E-state index contributed by atoms with van der Waals surface area (Å²) >= 11 is 5.63. The molecule has 1 aromatic heterocycles. The number of aromatic nitrogens is 2. The van der Waals surface area contributed by atoms with Crippen molar-refractivity contribution in [3.8, 4) is 16.9 Å². The van der Waals surface area contributed by atoms with Crippen LogP contribution in [0.3, 0.4) is 0 Å². The molecular formula is C23H20ClF3N4O4. The average Bonchev–Trinajstić information content (AvgIpc) is 3.29. The second-order valence-electron chi connectivity index (χ2n) is 7.73. The number of hydrogen-bond donors (Lipinski definition) is 2. The van der Waals surface area contributed by atoms with E-state index in [9.17, 15) is 22.8 Å². The molecule has 0 saturated carbocycles. The van der Waals surface area contributed by atoms with Crippen LogP contribution in [0.2, 0.25) is 5.02 Å². The van der Waals surface area contributed by atoms with Crippen molar-refractivity contribution < 1.29 is 32.2 Å². The summed E-state index contributed by atoms with van der Waals surface area (Å²) in [6, 6.07) is 9.20. The Balaban J connectivity index is 1.61. The fraction of sp³-hybridized carbons (Fsp3) is 0.261. The van der Waals surface area contributed by atoms with Crippen LogP contribution >= 0.6 is 11.6 Å². The van der Waals surface area contributed by atoms with Crippen molar-refractivity contribution in [3.05, 3.63) is 58.7 Å². The third kappa shape index (κ3) is 4.96. The van der Waals surface area contributed by atoms with Crippen molar-refractivity contribution in [2.45, 2.75) is 25.2 Å². The van der Waals surface area contributed by atoms with Crippen LogP contribution in [0.5, 0.6) is 5.75 Å². The summed E-state index contributed by atoms with van der Waals surface area (Å²) < 4.78 is 51.3. The number of ether oxygens (including phenoxy) is 2. The van der Waals surface area contributed by atoms with Gasteiger partial charge < -0.3 is 20.1 Å². The van der Waals surface area contributed by atoms with Crippen LogP contribution in [0.4, 0.5) is 24.7 Å². The Bertz CT molecular complexity index is 1290. The Kier molecular flexibility index (Phi) is 6.73. The van der Waals surface area contributed by atoms with E-state index in [2.05, 4.69) is 15.7 Å². The molecule has 35 heavy (non-hydrogen) atoms. The molecule has 2 amide bonds. The lowest BCUT2D eigenvalue weighted by Crippen LogP contribution is -2.24. The van der Waals surface area contributed by atoms with E-state index in [1.807, 2.05) is 6.07 Å². The lowest BCUT2D eigenvalue weighted by atomic mass is 10.1. The molecule has 0 aliphatic carbocycles. The summed E-state index contributed by atoms with van der Waals surface area (Å²) in [5, 5.41) is 9.15. The number of methoxy groups -OCH3 is 2. The zero-order valence-electron chi connectivity index (χ0n) is 18.6. The number of amides is 2. The molecule has 2 N–H and O–H groups in total. The van der Waals surface area contributed by atoms with Crippen LogP contribution < -0.4 is 15.4 Å². The van der Waals surface area contributed by atoms with Crippen molar-refractivity contribution in [1.29, 1.82) is 0 Å². The highest BCUT2D eigenvalue weighted by molar-refractivity contribution is 6.31. The summed E-state index contributed by atoms with van der Waals surface area (Å²) in [7, 11) is 3.04. The van der Waals surface area contributed by atoms with Crippen LogP contribution in [0.1, 0.15) is 23.7 Å². The molecule has 1 unspecified atom stereocenters. The Labute approximate surface area is 203 Å². The zero-order valence-corrected chi connectivity index (χ0v) is 19.3. The van der Waals surface area contributed by atoms with Gasteiger partial charge in [0.2, 0.25) is 5.91 Å². The quantitative estimate of drug-likeness (QED) is 0.473. The largest absolute Gasteiger partial charge is 0.497 e. The predicted octanol–water partition coefficient (Wildman–Crippen LogP) is 4.90. The van der Waals surface area contributed by atoms with Gasteiger partial charge in [-0.25, -0.2) is 4.68 Å². The van der Waals surface area contributed by atoms with Crippen molar-refractivity contribution in [2.75, 3.05) is 24.9 Å². The molecule has 8 nitrogen and oxygen atoms in total. The number of hydrogen-bond acceptors (Lipinski definition) is 5. The fourth-order valence-corrected chi connectivity index (χ4v) is 4.07. The summed E-state index contributed by atoms with van der Waals surface area (Å²) in [5.41, 5.74) is 0.715. The Morgan fingerprint density at radius 1 is 1.23 bits per heavy atom. The molecular weight excluding hydrogens is 489 g/mol. The molecule has 0 spiro atoms. The molecule has 184 valence electrons. The van der Waals surface area contributed by atoms with E-state index in [1.165, 1.54) is 25.0 Å². The highest BCUT2D eigenvalue weighted by Crippen LogP contribution is 2.40. The average molecular weight is 509 g/mol. The third-order valence-corrected chi connectivity index (χ3v) is 5.73. The summed E-state index contributed by atoms with van der Waals surface area (Å²) in [6.45, 7) is 0.145. The minimum Gasteiger partial charge on any atom is -0.497 e. The van der Waals surface area contributed by atoms with Gasteiger partial charge in [-0.1, -0.05) is 23.7 Å². The minimum atomic E-state index is -4.68. The number of carbonyl (C=O) groups is 2. The zero-order chi connectivity index (χ0) is 25.3. The summed E-state index contributed by atoms with van der Waals surface area (Å²) in [6.07, 6.45) is -5.03. The number of nitrogens with zero attached hydrogens (tertiary/aromatic N) is 2.